The van der Waals surface area contributed by atoms with E-state index in [2.05, 4.69) is 108 Å². The Morgan fingerprint density at radius 1 is 0.559 bits per heavy atom. The number of benzene rings is 5. The van der Waals surface area contributed by atoms with E-state index in [1.54, 1.807) is 0 Å². The summed E-state index contributed by atoms with van der Waals surface area (Å²) in [5.41, 5.74) is 6.11. The predicted octanol–water partition coefficient (Wildman–Crippen LogP) is 8.69. The van der Waals surface area contributed by atoms with E-state index in [1.807, 2.05) is 23.5 Å². The number of nitriles is 1. The third-order valence-corrected chi connectivity index (χ3v) is 7.75. The van der Waals surface area contributed by atoms with Crippen LogP contribution in [0.3, 0.4) is 0 Å². The van der Waals surface area contributed by atoms with E-state index in [4.69, 9.17) is 0 Å². The second kappa shape index (κ2) is 7.31. The van der Waals surface area contributed by atoms with Crippen LogP contribution in [0.5, 0.6) is 0 Å². The molecule has 3 heteroatoms. The van der Waals surface area contributed by atoms with Crippen LogP contribution in [0.4, 0.5) is 0 Å². The monoisotopic (exact) mass is 450 g/mol. The molecule has 0 unspecified atom stereocenters. The molecule has 0 N–H and O–H groups in total. The molecule has 0 atom stereocenters. The van der Waals surface area contributed by atoms with Crippen LogP contribution in [0.1, 0.15) is 5.56 Å². The minimum Gasteiger partial charge on any atom is -0.309 e. The van der Waals surface area contributed by atoms with Gasteiger partial charge in [0, 0.05) is 36.6 Å². The third-order valence-electron chi connectivity index (χ3n) is 6.60. The first kappa shape index (κ1) is 19.1. The molecular weight excluding hydrogens is 432 g/mol. The predicted molar refractivity (Wildman–Crippen MR) is 144 cm³/mol. The first-order chi connectivity index (χ1) is 16.8. The van der Waals surface area contributed by atoms with Crippen molar-refractivity contribution in [1.29, 1.82) is 5.26 Å². The van der Waals surface area contributed by atoms with Crippen LogP contribution >= 0.6 is 11.3 Å². The van der Waals surface area contributed by atoms with E-state index in [9.17, 15) is 5.26 Å². The first-order valence-electron chi connectivity index (χ1n) is 11.3. The minimum atomic E-state index is 0.657. The highest BCUT2D eigenvalue weighted by Crippen LogP contribution is 2.38. The zero-order valence-corrected chi connectivity index (χ0v) is 19.0. The van der Waals surface area contributed by atoms with E-state index in [0.717, 1.165) is 27.8 Å². The number of nitrogens with zero attached hydrogens (tertiary/aromatic N) is 2. The van der Waals surface area contributed by atoms with E-state index < -0.39 is 0 Å². The average molecular weight is 451 g/mol. The Balaban J connectivity index is 1.50. The van der Waals surface area contributed by atoms with Crippen LogP contribution in [0.15, 0.2) is 109 Å². The van der Waals surface area contributed by atoms with Gasteiger partial charge >= 0.3 is 0 Å². The Hall–Kier alpha value is -4.39. The number of fused-ring (bicyclic) bond motifs is 6. The number of hydrogen-bond acceptors (Lipinski definition) is 2. The van der Waals surface area contributed by atoms with Gasteiger partial charge in [-0.25, -0.2) is 0 Å². The molecule has 0 aliphatic carbocycles. The molecule has 0 amide bonds. The maximum Gasteiger partial charge on any atom is 0.0992 e. The summed E-state index contributed by atoms with van der Waals surface area (Å²) in [5.74, 6) is 0. The van der Waals surface area contributed by atoms with Crippen LogP contribution in [0, 0.1) is 11.3 Å². The molecule has 0 radical (unpaired) electrons. The van der Waals surface area contributed by atoms with Crippen LogP contribution < -0.4 is 0 Å². The van der Waals surface area contributed by atoms with E-state index in [-0.39, 0.29) is 0 Å². The standard InChI is InChI=1S/C31H18N2S/c32-19-20-15-22(21-13-14-31-27(18-21)26-9-3-6-12-30(26)34-31)17-23(16-20)33-28-10-4-1-7-24(28)25-8-2-5-11-29(25)33/h1-18H. The summed E-state index contributed by atoms with van der Waals surface area (Å²) in [4.78, 5) is 0. The molecule has 0 aliphatic heterocycles. The van der Waals surface area contributed by atoms with Crippen molar-refractivity contribution in [1.82, 2.24) is 4.57 Å². The average Bonchev–Trinajstić information content (AvgIpc) is 3.44. The molecule has 0 saturated carbocycles. The lowest BCUT2D eigenvalue weighted by atomic mass is 10.00. The second-order valence-corrected chi connectivity index (χ2v) is 9.64. The lowest BCUT2D eigenvalue weighted by molar-refractivity contribution is 1.18. The van der Waals surface area contributed by atoms with Gasteiger partial charge in [0.2, 0.25) is 0 Å². The molecule has 7 rings (SSSR count). The lowest BCUT2D eigenvalue weighted by Gasteiger charge is -2.11. The molecule has 0 fully saturated rings. The molecule has 34 heavy (non-hydrogen) atoms. The Labute approximate surface area is 200 Å². The van der Waals surface area contributed by atoms with E-state index in [0.29, 0.717) is 5.56 Å². The topological polar surface area (TPSA) is 28.7 Å². The fourth-order valence-corrected chi connectivity index (χ4v) is 6.16. The molecular formula is C31H18N2S. The van der Waals surface area contributed by atoms with Crippen molar-refractivity contribution < 1.29 is 0 Å². The summed E-state index contributed by atoms with van der Waals surface area (Å²) in [7, 11) is 0. The molecule has 0 aliphatic rings. The Bertz CT molecular complexity index is 1880. The summed E-state index contributed by atoms with van der Waals surface area (Å²) in [6, 6.07) is 40.7. The van der Waals surface area contributed by atoms with Gasteiger partial charge in [-0.05, 0) is 59.7 Å². The van der Waals surface area contributed by atoms with Crippen LogP contribution in [-0.4, -0.2) is 4.57 Å². The number of hydrogen-bond donors (Lipinski definition) is 0. The van der Waals surface area contributed by atoms with Crippen molar-refractivity contribution >= 4 is 53.3 Å². The van der Waals surface area contributed by atoms with Gasteiger partial charge in [0.25, 0.3) is 0 Å². The third kappa shape index (κ3) is 2.80. The lowest BCUT2D eigenvalue weighted by Crippen LogP contribution is -1.95. The van der Waals surface area contributed by atoms with Gasteiger partial charge in [0.1, 0.15) is 0 Å². The molecule has 5 aromatic carbocycles. The van der Waals surface area contributed by atoms with Crippen molar-refractivity contribution in [3.63, 3.8) is 0 Å². The normalized spacial score (nSPS) is 11.5. The van der Waals surface area contributed by atoms with Crippen molar-refractivity contribution in [2.75, 3.05) is 0 Å². The van der Waals surface area contributed by atoms with Gasteiger partial charge < -0.3 is 4.57 Å². The van der Waals surface area contributed by atoms with Gasteiger partial charge in [-0.15, -0.1) is 11.3 Å². The Morgan fingerprint density at radius 3 is 1.94 bits per heavy atom. The molecule has 0 bridgehead atoms. The number of rotatable bonds is 2. The highest BCUT2D eigenvalue weighted by Gasteiger charge is 2.14. The number of aromatic nitrogens is 1. The Morgan fingerprint density at radius 2 is 1.21 bits per heavy atom. The van der Waals surface area contributed by atoms with Crippen molar-refractivity contribution in [2.24, 2.45) is 0 Å². The van der Waals surface area contributed by atoms with Crippen LogP contribution in [0.2, 0.25) is 0 Å². The minimum absolute atomic E-state index is 0.657. The highest BCUT2D eigenvalue weighted by atomic mass is 32.1. The summed E-state index contributed by atoms with van der Waals surface area (Å²) >= 11 is 1.82. The molecule has 2 nitrogen and oxygen atoms in total. The maximum atomic E-state index is 9.88. The van der Waals surface area contributed by atoms with Crippen LogP contribution in [-0.2, 0) is 0 Å². The molecule has 2 aromatic heterocycles. The second-order valence-electron chi connectivity index (χ2n) is 8.56. The summed E-state index contributed by atoms with van der Waals surface area (Å²) in [6.07, 6.45) is 0. The van der Waals surface area contributed by atoms with Gasteiger partial charge in [0.05, 0.1) is 22.7 Å². The van der Waals surface area contributed by atoms with Crippen molar-refractivity contribution in [3.05, 3.63) is 115 Å². The Kier molecular flexibility index (Phi) is 4.11. The fourth-order valence-electron chi connectivity index (χ4n) is 5.08. The summed E-state index contributed by atoms with van der Waals surface area (Å²) in [6.45, 7) is 0. The molecule has 0 spiro atoms. The van der Waals surface area contributed by atoms with Crippen molar-refractivity contribution in [2.45, 2.75) is 0 Å². The molecule has 2 heterocycles. The summed E-state index contributed by atoms with van der Waals surface area (Å²) in [5, 5.41) is 14.9. The van der Waals surface area contributed by atoms with Crippen molar-refractivity contribution in [3.8, 4) is 22.9 Å². The molecule has 7 aromatic rings. The van der Waals surface area contributed by atoms with Gasteiger partial charge in [0.15, 0.2) is 0 Å². The summed E-state index contributed by atoms with van der Waals surface area (Å²) < 4.78 is 4.85. The largest absolute Gasteiger partial charge is 0.309 e. The zero-order valence-electron chi connectivity index (χ0n) is 18.2. The quantitative estimate of drug-likeness (QED) is 0.259. The number of thiophene rings is 1. The van der Waals surface area contributed by atoms with Gasteiger partial charge in [-0.3, -0.25) is 0 Å². The van der Waals surface area contributed by atoms with Crippen LogP contribution in [0.25, 0.3) is 58.8 Å². The van der Waals surface area contributed by atoms with E-state index >= 15 is 0 Å². The van der Waals surface area contributed by atoms with E-state index in [1.165, 1.54) is 30.9 Å². The fraction of sp³-hybridized carbons (Fsp3) is 0. The maximum absolute atomic E-state index is 9.88. The zero-order chi connectivity index (χ0) is 22.6. The smallest absolute Gasteiger partial charge is 0.0992 e. The first-order valence-corrected chi connectivity index (χ1v) is 12.1. The number of para-hydroxylation sites is 2. The SMILES string of the molecule is N#Cc1cc(-c2ccc3sc4ccccc4c3c2)cc(-n2c3ccccc3c3ccccc32)c1. The van der Waals surface area contributed by atoms with Gasteiger partial charge in [-0.1, -0.05) is 60.7 Å². The highest BCUT2D eigenvalue weighted by molar-refractivity contribution is 7.25. The molecule has 158 valence electrons. The molecule has 0 saturated heterocycles. The van der Waals surface area contributed by atoms with Gasteiger partial charge in [-0.2, -0.15) is 5.26 Å².